The lowest BCUT2D eigenvalue weighted by molar-refractivity contribution is 0.0684. The molecule has 2 aliphatic heterocycles. The molecule has 8 aromatic rings. The number of piperazine rings is 2. The van der Waals surface area contributed by atoms with Crippen molar-refractivity contribution < 1.29 is 28.6 Å². The Labute approximate surface area is 416 Å². The Hall–Kier alpha value is -6.94. The van der Waals surface area contributed by atoms with Crippen LogP contribution < -0.4 is 26.0 Å². The van der Waals surface area contributed by atoms with Crippen molar-refractivity contribution in [3.63, 3.8) is 0 Å². The van der Waals surface area contributed by atoms with Crippen LogP contribution in [0.1, 0.15) is 69.6 Å². The molecule has 2 aliphatic carbocycles. The van der Waals surface area contributed by atoms with Crippen molar-refractivity contribution in [1.82, 2.24) is 19.4 Å². The Morgan fingerprint density at radius 2 is 1.00 bits per heavy atom. The number of fused-ring (bicyclic) bond motifs is 4. The van der Waals surface area contributed by atoms with E-state index < -0.39 is 34.4 Å². The highest BCUT2D eigenvalue weighted by atomic mass is 79.9. The SMILES string of the molecule is BrCc1ccc2ccccc2c1.O=C(O)c1cn(C2CC2)c2cc(N3CCN(Cc4ccc5ccccc5c4)CC3)c(F)cc2c1=O.O=C(O)c1cn(C2CC2)c2cc(N3CCNCC3)c(F)cc2c1=O. The summed E-state index contributed by atoms with van der Waals surface area (Å²) in [5.74, 6) is -3.52. The molecule has 4 fully saturated rings. The van der Waals surface area contributed by atoms with Crippen molar-refractivity contribution in [1.29, 1.82) is 0 Å². The molecule has 2 saturated carbocycles. The fourth-order valence-electron chi connectivity index (χ4n) is 9.79. The second kappa shape index (κ2) is 20.4. The molecule has 4 heterocycles. The zero-order valence-electron chi connectivity index (χ0n) is 39.0. The number of benzene rings is 6. The lowest BCUT2D eigenvalue weighted by Crippen LogP contribution is -2.46. The first-order chi connectivity index (χ1) is 34.4. The van der Waals surface area contributed by atoms with Crippen molar-refractivity contribution in [3.05, 3.63) is 176 Å². The van der Waals surface area contributed by atoms with Gasteiger partial charge in [0.05, 0.1) is 22.4 Å². The van der Waals surface area contributed by atoms with Gasteiger partial charge in [-0.2, -0.15) is 0 Å². The number of aromatic nitrogens is 2. The molecule has 12 rings (SSSR count). The number of pyridine rings is 2. The van der Waals surface area contributed by atoms with Crippen molar-refractivity contribution in [2.45, 2.75) is 49.6 Å². The Balaban J connectivity index is 0.000000139. The summed E-state index contributed by atoms with van der Waals surface area (Å²) in [6.45, 7) is 6.77. The van der Waals surface area contributed by atoms with Crippen LogP contribution in [0, 0.1) is 11.6 Å². The number of nitrogens with one attached hydrogen (secondary N) is 1. The first-order valence-electron chi connectivity index (χ1n) is 24.1. The third-order valence-corrected chi connectivity index (χ3v) is 14.5. The van der Waals surface area contributed by atoms with E-state index in [1.54, 1.807) is 12.1 Å². The molecule has 3 N–H and O–H groups in total. The maximum Gasteiger partial charge on any atom is 0.341 e. The quantitative estimate of drug-likeness (QED) is 0.120. The Morgan fingerprint density at radius 3 is 1.45 bits per heavy atom. The molecule has 0 radical (unpaired) electrons. The molecule has 4 aliphatic rings. The summed E-state index contributed by atoms with van der Waals surface area (Å²) in [5, 5.41) is 28.2. The first-order valence-corrected chi connectivity index (χ1v) is 25.2. The minimum absolute atomic E-state index is 0.132. The number of hydrogen-bond acceptors (Lipinski definition) is 8. The number of carboxylic acids is 2. The van der Waals surface area contributed by atoms with Gasteiger partial charge in [-0.1, -0.05) is 94.8 Å². The molecule has 0 amide bonds. The Morgan fingerprint density at radius 1 is 0.563 bits per heavy atom. The van der Waals surface area contributed by atoms with Gasteiger partial charge < -0.3 is 34.5 Å². The van der Waals surface area contributed by atoms with Gasteiger partial charge in [-0.05, 0) is 88.7 Å². The molecule has 0 bridgehead atoms. The van der Waals surface area contributed by atoms with Crippen LogP contribution >= 0.6 is 15.9 Å². The fourth-order valence-corrected chi connectivity index (χ4v) is 10.1. The number of rotatable bonds is 9. The van der Waals surface area contributed by atoms with E-state index in [2.05, 4.69) is 98.9 Å². The van der Waals surface area contributed by atoms with Crippen LogP contribution in [0.3, 0.4) is 0 Å². The summed E-state index contributed by atoms with van der Waals surface area (Å²) >= 11 is 3.44. The average molecular weight is 1020 g/mol. The standard InChI is InChI=1S/C28H26FN3O3.C17H18FN3O3.C11H9Br/c29-24-14-22-25(32(21-7-8-21)17-23(27(22)33)28(34)35)15-26(24)31-11-9-30(10-12-31)16-18-5-6-19-3-1-2-4-20(19)13-18;18-13-7-11-14(8-15(13)20-5-3-19-4-6-20)21(10-1-2-10)9-12(16(11)22)17(23)24;12-8-9-5-6-10-3-1-2-4-11(10)7-9/h1-6,13-15,17,21H,7-12,16H2,(H,34,35);7-10,19H,1-6H2,(H,23,24);1-7H,8H2. The minimum atomic E-state index is -1.28. The number of aromatic carboxylic acids is 2. The molecular weight excluding hydrogens is 971 g/mol. The summed E-state index contributed by atoms with van der Waals surface area (Å²) in [6.07, 6.45) is 6.57. The van der Waals surface area contributed by atoms with Gasteiger partial charge in [-0.15, -0.1) is 0 Å². The Bertz CT molecular complexity index is 3470. The molecule has 2 saturated heterocycles. The molecule has 12 nitrogen and oxygen atoms in total. The van der Waals surface area contributed by atoms with Crippen molar-refractivity contribution in [3.8, 4) is 0 Å². The van der Waals surface area contributed by atoms with Gasteiger partial charge in [0.15, 0.2) is 0 Å². The molecule has 0 atom stereocenters. The predicted octanol–water partition coefficient (Wildman–Crippen LogP) is 9.97. The molecular formula is C56H53BrF2N6O6. The van der Waals surface area contributed by atoms with E-state index in [0.717, 1.165) is 63.7 Å². The van der Waals surface area contributed by atoms with Crippen LogP contribution in [0.15, 0.2) is 131 Å². The predicted molar refractivity (Wildman–Crippen MR) is 280 cm³/mol. The topological polar surface area (TPSA) is 140 Å². The van der Waals surface area contributed by atoms with Crippen LogP contribution in [-0.2, 0) is 11.9 Å². The van der Waals surface area contributed by atoms with Gasteiger partial charge in [0, 0.05) is 99.5 Å². The van der Waals surface area contributed by atoms with E-state index in [-0.39, 0.29) is 34.0 Å². The van der Waals surface area contributed by atoms with E-state index in [0.29, 0.717) is 48.6 Å². The Kier molecular flexibility index (Phi) is 13.7. The summed E-state index contributed by atoms with van der Waals surface area (Å²) in [6, 6.07) is 36.0. The number of anilines is 2. The van der Waals surface area contributed by atoms with Gasteiger partial charge in [0.2, 0.25) is 10.9 Å². The number of carbonyl (C=O) groups is 2. The number of halogens is 3. The van der Waals surface area contributed by atoms with E-state index in [4.69, 9.17) is 0 Å². The zero-order chi connectivity index (χ0) is 49.3. The summed E-state index contributed by atoms with van der Waals surface area (Å²) in [7, 11) is 0. The number of alkyl halides is 1. The van der Waals surface area contributed by atoms with Crippen molar-refractivity contribution >= 4 is 82.6 Å². The van der Waals surface area contributed by atoms with Crippen molar-refractivity contribution in [2.24, 2.45) is 0 Å². The zero-order valence-corrected chi connectivity index (χ0v) is 40.6. The van der Waals surface area contributed by atoms with E-state index in [1.807, 2.05) is 31.1 Å². The summed E-state index contributed by atoms with van der Waals surface area (Å²) < 4.78 is 33.5. The van der Waals surface area contributed by atoms with Crippen molar-refractivity contribution in [2.75, 3.05) is 62.2 Å². The monoisotopic (exact) mass is 1020 g/mol. The van der Waals surface area contributed by atoms with Gasteiger partial charge in [-0.3, -0.25) is 14.5 Å². The first kappa shape index (κ1) is 47.7. The van der Waals surface area contributed by atoms with Crippen LogP contribution in [0.25, 0.3) is 43.4 Å². The maximum absolute atomic E-state index is 15.2. The van der Waals surface area contributed by atoms with Gasteiger partial charge >= 0.3 is 11.9 Å². The second-order valence-electron chi connectivity index (χ2n) is 18.8. The normalized spacial score (nSPS) is 16.2. The smallest absolute Gasteiger partial charge is 0.341 e. The van der Waals surface area contributed by atoms with E-state index >= 15 is 4.39 Å². The van der Waals surface area contributed by atoms with Crippen LogP contribution in [0.4, 0.5) is 20.2 Å². The third kappa shape index (κ3) is 10.3. The second-order valence-corrected chi connectivity index (χ2v) is 19.3. The van der Waals surface area contributed by atoms with Gasteiger partial charge in [0.25, 0.3) is 0 Å². The highest BCUT2D eigenvalue weighted by Crippen LogP contribution is 2.39. The largest absolute Gasteiger partial charge is 0.477 e. The molecule has 15 heteroatoms. The third-order valence-electron chi connectivity index (χ3n) is 13.9. The average Bonchev–Trinajstić information content (AvgIpc) is 4.34. The minimum Gasteiger partial charge on any atom is -0.477 e. The van der Waals surface area contributed by atoms with Crippen LogP contribution in [-0.4, -0.2) is 88.5 Å². The molecule has 364 valence electrons. The lowest BCUT2D eigenvalue weighted by atomic mass is 10.1. The molecule has 6 aromatic carbocycles. The highest BCUT2D eigenvalue weighted by Gasteiger charge is 2.30. The number of hydrogen-bond donors (Lipinski definition) is 3. The van der Waals surface area contributed by atoms with E-state index in [1.165, 1.54) is 57.2 Å². The van der Waals surface area contributed by atoms with E-state index in [9.17, 15) is 33.8 Å². The fraction of sp³-hybridized carbons (Fsp3) is 0.286. The van der Waals surface area contributed by atoms with Gasteiger partial charge in [-0.25, -0.2) is 18.4 Å². The lowest BCUT2D eigenvalue weighted by Gasteiger charge is -2.36. The highest BCUT2D eigenvalue weighted by molar-refractivity contribution is 9.08. The van der Waals surface area contributed by atoms with Crippen LogP contribution in [0.2, 0.25) is 0 Å². The number of carboxylic acid groups (broad SMARTS) is 2. The summed E-state index contributed by atoms with van der Waals surface area (Å²) in [5.41, 5.74) is 2.89. The molecule has 0 spiro atoms. The summed E-state index contributed by atoms with van der Waals surface area (Å²) in [4.78, 5) is 54.4. The van der Waals surface area contributed by atoms with Gasteiger partial charge in [0.1, 0.15) is 22.8 Å². The maximum atomic E-state index is 15.2. The number of nitrogens with zero attached hydrogens (tertiary/aromatic N) is 5. The molecule has 71 heavy (non-hydrogen) atoms. The molecule has 0 unspecified atom stereocenters. The molecule has 2 aromatic heterocycles. The van der Waals surface area contributed by atoms with Crippen LogP contribution in [0.5, 0.6) is 0 Å².